The summed E-state index contributed by atoms with van der Waals surface area (Å²) in [5.74, 6) is 5.62. The maximum atomic E-state index is 5.62. The van der Waals surface area contributed by atoms with E-state index in [-0.39, 0.29) is 6.04 Å². The van der Waals surface area contributed by atoms with Crippen LogP contribution in [0.5, 0.6) is 0 Å². The Balaban J connectivity index is 2.16. The van der Waals surface area contributed by atoms with Crippen molar-refractivity contribution in [3.8, 4) is 0 Å². The van der Waals surface area contributed by atoms with Crippen molar-refractivity contribution in [3.63, 3.8) is 0 Å². The second-order valence-corrected chi connectivity index (χ2v) is 5.34. The first kappa shape index (κ1) is 11.8. The fourth-order valence-electron chi connectivity index (χ4n) is 1.63. The Hall–Kier alpha value is -0.680. The number of hydrogen-bond acceptors (Lipinski definition) is 3. The Morgan fingerprint density at radius 3 is 2.56 bits per heavy atom. The summed E-state index contributed by atoms with van der Waals surface area (Å²) in [5.41, 5.74) is 4.16. The third kappa shape index (κ3) is 2.71. The van der Waals surface area contributed by atoms with Gasteiger partial charge >= 0.3 is 0 Å². The smallest absolute Gasteiger partial charge is 0.0604 e. The predicted molar refractivity (Wildman–Crippen MR) is 72.2 cm³/mol. The molecule has 0 aliphatic rings. The first-order valence-electron chi connectivity index (χ1n) is 5.04. The third-order valence-corrected chi connectivity index (χ3v) is 4.43. The monoisotopic (exact) mass is 296 g/mol. The highest BCUT2D eigenvalue weighted by Crippen LogP contribution is 2.30. The third-order valence-electron chi connectivity index (χ3n) is 2.45. The van der Waals surface area contributed by atoms with Gasteiger partial charge in [0, 0.05) is 9.35 Å². The van der Waals surface area contributed by atoms with Crippen molar-refractivity contribution in [2.24, 2.45) is 5.84 Å². The summed E-state index contributed by atoms with van der Waals surface area (Å²) in [6, 6.07) is 12.6. The molecule has 1 atom stereocenters. The van der Waals surface area contributed by atoms with Gasteiger partial charge < -0.3 is 0 Å². The molecule has 0 aliphatic heterocycles. The molecule has 1 aromatic carbocycles. The van der Waals surface area contributed by atoms with Crippen LogP contribution in [0.25, 0.3) is 0 Å². The van der Waals surface area contributed by atoms with Gasteiger partial charge in [-0.2, -0.15) is 0 Å². The molecule has 1 aromatic heterocycles. The molecule has 2 nitrogen and oxygen atoms in total. The number of hydrogen-bond donors (Lipinski definition) is 2. The van der Waals surface area contributed by atoms with Gasteiger partial charge in [-0.3, -0.25) is 11.3 Å². The van der Waals surface area contributed by atoms with E-state index in [0.717, 1.165) is 10.9 Å². The van der Waals surface area contributed by atoms with Crippen LogP contribution in [-0.2, 0) is 6.42 Å². The first-order valence-corrected chi connectivity index (χ1v) is 6.71. The summed E-state index contributed by atoms with van der Waals surface area (Å²) >= 11 is 5.25. The van der Waals surface area contributed by atoms with Gasteiger partial charge in [-0.05, 0) is 39.4 Å². The van der Waals surface area contributed by atoms with Gasteiger partial charge in [-0.25, -0.2) is 0 Å². The first-order chi connectivity index (χ1) is 7.81. The van der Waals surface area contributed by atoms with Crippen LogP contribution in [0.4, 0.5) is 0 Å². The van der Waals surface area contributed by atoms with Gasteiger partial charge in [-0.15, -0.1) is 11.3 Å². The maximum absolute atomic E-state index is 5.62. The van der Waals surface area contributed by atoms with E-state index in [4.69, 9.17) is 5.84 Å². The Morgan fingerprint density at radius 2 is 2.00 bits per heavy atom. The highest BCUT2D eigenvalue weighted by molar-refractivity contribution is 9.10. The lowest BCUT2D eigenvalue weighted by Gasteiger charge is -2.15. The summed E-state index contributed by atoms with van der Waals surface area (Å²) in [4.78, 5) is 1.24. The van der Waals surface area contributed by atoms with Crippen molar-refractivity contribution in [1.29, 1.82) is 0 Å². The lowest BCUT2D eigenvalue weighted by molar-refractivity contribution is 0.559. The highest BCUT2D eigenvalue weighted by Gasteiger charge is 2.14. The molecule has 3 N–H and O–H groups in total. The molecule has 84 valence electrons. The van der Waals surface area contributed by atoms with Gasteiger partial charge in [0.1, 0.15) is 0 Å². The molecule has 0 radical (unpaired) electrons. The molecule has 4 heteroatoms. The van der Waals surface area contributed by atoms with E-state index in [1.165, 1.54) is 10.4 Å². The van der Waals surface area contributed by atoms with E-state index in [1.807, 2.05) is 18.2 Å². The Morgan fingerprint density at radius 1 is 1.25 bits per heavy atom. The number of hydrazine groups is 1. The van der Waals surface area contributed by atoms with Crippen LogP contribution in [0.2, 0.25) is 0 Å². The number of nitrogens with one attached hydrogen (secondary N) is 1. The van der Waals surface area contributed by atoms with E-state index in [2.05, 4.69) is 44.9 Å². The Kier molecular flexibility index (Phi) is 4.12. The van der Waals surface area contributed by atoms with Crippen LogP contribution in [0.15, 0.2) is 46.3 Å². The normalized spacial score (nSPS) is 12.6. The SMILES string of the molecule is NNC(Cc1ccccc1)c1sccc1Br. The molecular formula is C12H13BrN2S. The maximum Gasteiger partial charge on any atom is 0.0604 e. The molecule has 0 saturated heterocycles. The largest absolute Gasteiger partial charge is 0.271 e. The summed E-state index contributed by atoms with van der Waals surface area (Å²) in [6.07, 6.45) is 0.899. The lowest BCUT2D eigenvalue weighted by Crippen LogP contribution is -2.29. The zero-order valence-electron chi connectivity index (χ0n) is 8.69. The van der Waals surface area contributed by atoms with Crippen molar-refractivity contribution in [2.75, 3.05) is 0 Å². The van der Waals surface area contributed by atoms with E-state index >= 15 is 0 Å². The second-order valence-electron chi connectivity index (χ2n) is 3.54. The van der Waals surface area contributed by atoms with Gasteiger partial charge in [-0.1, -0.05) is 30.3 Å². The molecule has 0 amide bonds. The topological polar surface area (TPSA) is 38.0 Å². The fraction of sp³-hybridized carbons (Fsp3) is 0.167. The number of rotatable bonds is 4. The van der Waals surface area contributed by atoms with Crippen molar-refractivity contribution < 1.29 is 0 Å². The van der Waals surface area contributed by atoms with Gasteiger partial charge in [0.15, 0.2) is 0 Å². The Labute approximate surface area is 108 Å². The van der Waals surface area contributed by atoms with Crippen molar-refractivity contribution >= 4 is 27.3 Å². The highest BCUT2D eigenvalue weighted by atomic mass is 79.9. The quantitative estimate of drug-likeness (QED) is 0.671. The molecule has 1 heterocycles. The van der Waals surface area contributed by atoms with E-state index in [0.29, 0.717) is 0 Å². The zero-order chi connectivity index (χ0) is 11.4. The van der Waals surface area contributed by atoms with Gasteiger partial charge in [0.25, 0.3) is 0 Å². The summed E-state index contributed by atoms with van der Waals surface area (Å²) in [6.45, 7) is 0. The summed E-state index contributed by atoms with van der Waals surface area (Å²) < 4.78 is 1.12. The molecule has 2 aromatic rings. The summed E-state index contributed by atoms with van der Waals surface area (Å²) in [7, 11) is 0. The van der Waals surface area contributed by atoms with Gasteiger partial charge in [0.2, 0.25) is 0 Å². The van der Waals surface area contributed by atoms with E-state index < -0.39 is 0 Å². The number of nitrogens with two attached hydrogens (primary N) is 1. The molecular weight excluding hydrogens is 284 g/mol. The molecule has 0 aliphatic carbocycles. The van der Waals surface area contributed by atoms with Crippen LogP contribution in [-0.4, -0.2) is 0 Å². The predicted octanol–water partition coefficient (Wildman–Crippen LogP) is 3.26. The summed E-state index contributed by atoms with van der Waals surface area (Å²) in [5, 5.41) is 2.06. The average molecular weight is 297 g/mol. The lowest BCUT2D eigenvalue weighted by atomic mass is 10.1. The van der Waals surface area contributed by atoms with Crippen molar-refractivity contribution in [3.05, 3.63) is 56.7 Å². The number of thiophene rings is 1. The minimum Gasteiger partial charge on any atom is -0.271 e. The van der Waals surface area contributed by atoms with Crippen molar-refractivity contribution in [2.45, 2.75) is 12.5 Å². The van der Waals surface area contributed by atoms with Crippen LogP contribution in [0, 0.1) is 0 Å². The molecule has 0 saturated carbocycles. The fourth-order valence-corrected chi connectivity index (χ4v) is 3.34. The van der Waals surface area contributed by atoms with E-state index in [9.17, 15) is 0 Å². The Bertz CT molecular complexity index is 441. The van der Waals surface area contributed by atoms with Crippen molar-refractivity contribution in [1.82, 2.24) is 5.43 Å². The second kappa shape index (κ2) is 5.59. The number of halogens is 1. The van der Waals surface area contributed by atoms with Crippen LogP contribution in [0.3, 0.4) is 0 Å². The molecule has 0 bridgehead atoms. The van der Waals surface area contributed by atoms with Gasteiger partial charge in [0.05, 0.1) is 6.04 Å². The minimum atomic E-state index is 0.164. The molecule has 0 fully saturated rings. The number of benzene rings is 1. The van der Waals surface area contributed by atoms with Crippen LogP contribution in [0.1, 0.15) is 16.5 Å². The standard InChI is InChI=1S/C12H13BrN2S/c13-10-6-7-16-12(10)11(15-14)8-9-4-2-1-3-5-9/h1-7,11,15H,8,14H2. The molecule has 0 spiro atoms. The molecule has 2 rings (SSSR count). The molecule has 1 unspecified atom stereocenters. The minimum absolute atomic E-state index is 0.164. The van der Waals surface area contributed by atoms with Crippen LogP contribution >= 0.6 is 27.3 Å². The van der Waals surface area contributed by atoms with E-state index in [1.54, 1.807) is 11.3 Å². The zero-order valence-corrected chi connectivity index (χ0v) is 11.1. The molecule has 16 heavy (non-hydrogen) atoms. The van der Waals surface area contributed by atoms with Crippen LogP contribution < -0.4 is 11.3 Å². The average Bonchev–Trinajstić information content (AvgIpc) is 2.74.